The lowest BCUT2D eigenvalue weighted by molar-refractivity contribution is 1.18. The molecule has 0 N–H and O–H groups in total. The van der Waals surface area contributed by atoms with E-state index < -0.39 is 0 Å². The third-order valence-corrected chi connectivity index (χ3v) is 6.18. The van der Waals surface area contributed by atoms with E-state index in [9.17, 15) is 0 Å². The van der Waals surface area contributed by atoms with E-state index in [2.05, 4.69) is 77.8 Å². The van der Waals surface area contributed by atoms with Crippen molar-refractivity contribution in [3.05, 3.63) is 140 Å². The van der Waals surface area contributed by atoms with Crippen LogP contribution in [-0.2, 0) is 0 Å². The Morgan fingerprint density at radius 2 is 0.778 bits per heavy atom. The van der Waals surface area contributed by atoms with Crippen LogP contribution in [0.25, 0.3) is 56.2 Å². The molecule has 4 aromatic carbocycles. The summed E-state index contributed by atoms with van der Waals surface area (Å²) >= 11 is 0. The zero-order valence-electron chi connectivity index (χ0n) is 19.6. The van der Waals surface area contributed by atoms with Crippen molar-refractivity contribution in [2.45, 2.75) is 0 Å². The molecule has 0 spiro atoms. The fourth-order valence-electron chi connectivity index (χ4n) is 4.35. The summed E-state index contributed by atoms with van der Waals surface area (Å²) in [5, 5.41) is 0. The van der Waals surface area contributed by atoms with Crippen LogP contribution < -0.4 is 0 Å². The summed E-state index contributed by atoms with van der Waals surface area (Å²) in [6.07, 6.45) is 3.66. The predicted octanol–water partition coefficient (Wildman–Crippen LogP) is 8.21. The highest BCUT2D eigenvalue weighted by Crippen LogP contribution is 2.34. The van der Waals surface area contributed by atoms with Crippen LogP contribution >= 0.6 is 0 Å². The number of benzene rings is 4. The van der Waals surface area contributed by atoms with E-state index in [-0.39, 0.29) is 0 Å². The average molecular weight is 462 g/mol. The molecule has 0 bridgehead atoms. The van der Waals surface area contributed by atoms with Crippen molar-refractivity contribution in [2.75, 3.05) is 0 Å². The van der Waals surface area contributed by atoms with Gasteiger partial charge in [0.2, 0.25) is 0 Å². The highest BCUT2D eigenvalue weighted by Gasteiger charge is 2.13. The highest BCUT2D eigenvalue weighted by molar-refractivity contribution is 5.81. The zero-order valence-corrected chi connectivity index (χ0v) is 19.6. The van der Waals surface area contributed by atoms with Crippen LogP contribution in [0.15, 0.2) is 140 Å². The van der Waals surface area contributed by atoms with Gasteiger partial charge in [0.05, 0.1) is 11.4 Å². The predicted molar refractivity (Wildman–Crippen MR) is 147 cm³/mol. The number of pyridine rings is 1. The topological polar surface area (TPSA) is 38.7 Å². The number of aromatic nitrogens is 3. The molecule has 0 aliphatic heterocycles. The molecule has 6 rings (SSSR count). The van der Waals surface area contributed by atoms with E-state index in [4.69, 9.17) is 9.97 Å². The van der Waals surface area contributed by atoms with Gasteiger partial charge in [-0.15, -0.1) is 0 Å². The molecule has 0 aliphatic rings. The molecule has 3 nitrogen and oxygen atoms in total. The maximum absolute atomic E-state index is 5.05. The van der Waals surface area contributed by atoms with Gasteiger partial charge in [-0.25, -0.2) is 9.97 Å². The van der Waals surface area contributed by atoms with Gasteiger partial charge in [0, 0.05) is 29.1 Å². The smallest absolute Gasteiger partial charge is 0.160 e. The summed E-state index contributed by atoms with van der Waals surface area (Å²) in [6.45, 7) is 0. The highest BCUT2D eigenvalue weighted by atomic mass is 14.9. The van der Waals surface area contributed by atoms with Crippen LogP contribution in [0.1, 0.15) is 0 Å². The Hall–Kier alpha value is -4.89. The van der Waals surface area contributed by atoms with Crippen LogP contribution in [0.5, 0.6) is 0 Å². The summed E-state index contributed by atoms with van der Waals surface area (Å²) in [5.41, 5.74) is 9.42. The molecule has 0 saturated heterocycles. The molecular formula is C33H23N3. The summed E-state index contributed by atoms with van der Waals surface area (Å²) in [7, 11) is 0. The van der Waals surface area contributed by atoms with Gasteiger partial charge in [-0.2, -0.15) is 0 Å². The Balaban J connectivity index is 1.58. The van der Waals surface area contributed by atoms with Crippen molar-refractivity contribution in [1.82, 2.24) is 15.0 Å². The molecule has 0 saturated carbocycles. The van der Waals surface area contributed by atoms with E-state index in [1.807, 2.05) is 67.0 Å². The molecule has 3 heteroatoms. The number of nitrogens with zero attached hydrogens (tertiary/aromatic N) is 3. The van der Waals surface area contributed by atoms with Crippen molar-refractivity contribution in [2.24, 2.45) is 0 Å². The molecule has 0 fully saturated rings. The monoisotopic (exact) mass is 461 g/mol. The second-order valence-corrected chi connectivity index (χ2v) is 8.60. The Labute approximate surface area is 210 Å². The van der Waals surface area contributed by atoms with E-state index >= 15 is 0 Å². The Morgan fingerprint density at radius 3 is 1.36 bits per heavy atom. The molecule has 0 atom stereocenters. The minimum absolute atomic E-state index is 0.711. The summed E-state index contributed by atoms with van der Waals surface area (Å²) < 4.78 is 0. The Bertz CT molecular complexity index is 1360. The molecule has 2 heterocycles. The lowest BCUT2D eigenvalue weighted by Gasteiger charge is -2.13. The molecule has 6 aromatic rings. The number of rotatable bonds is 5. The van der Waals surface area contributed by atoms with Crippen LogP contribution in [0.4, 0.5) is 0 Å². The van der Waals surface area contributed by atoms with Gasteiger partial charge >= 0.3 is 0 Å². The first kappa shape index (κ1) is 21.6. The van der Waals surface area contributed by atoms with E-state index in [1.54, 1.807) is 0 Å². The molecule has 0 unspecified atom stereocenters. The molecule has 0 aliphatic carbocycles. The maximum Gasteiger partial charge on any atom is 0.160 e. The SMILES string of the molecule is c1ccc(-c2cc(-c3ccncc3)cc(-c3cc(-c4ccccc4)nc(-c4ccccc4)n3)c2)cc1. The fraction of sp³-hybridized carbons (Fsp3) is 0. The molecule has 2 aromatic heterocycles. The number of hydrogen-bond donors (Lipinski definition) is 0. The summed E-state index contributed by atoms with van der Waals surface area (Å²) in [5.74, 6) is 0.711. The van der Waals surface area contributed by atoms with Crippen LogP contribution in [0, 0.1) is 0 Å². The van der Waals surface area contributed by atoms with Gasteiger partial charge in [0.1, 0.15) is 0 Å². The quantitative estimate of drug-likeness (QED) is 0.260. The average Bonchev–Trinajstić information content (AvgIpc) is 2.98. The van der Waals surface area contributed by atoms with Crippen molar-refractivity contribution < 1.29 is 0 Å². The van der Waals surface area contributed by atoms with Crippen molar-refractivity contribution in [3.63, 3.8) is 0 Å². The standard InChI is InChI=1S/C33H23N3/c1-4-10-24(11-5-1)28-20-29(25-16-18-34-19-17-25)22-30(21-28)32-23-31(26-12-6-2-7-13-26)35-33(36-32)27-14-8-3-9-15-27/h1-23H. The third kappa shape index (κ3) is 4.55. The van der Waals surface area contributed by atoms with Crippen molar-refractivity contribution in [3.8, 4) is 56.2 Å². The summed E-state index contributed by atoms with van der Waals surface area (Å²) in [4.78, 5) is 14.2. The first-order valence-electron chi connectivity index (χ1n) is 11.9. The van der Waals surface area contributed by atoms with Gasteiger partial charge in [0.25, 0.3) is 0 Å². The van der Waals surface area contributed by atoms with E-state index in [0.717, 1.165) is 50.3 Å². The second kappa shape index (κ2) is 9.77. The van der Waals surface area contributed by atoms with Crippen LogP contribution in [0.2, 0.25) is 0 Å². The Kier molecular flexibility index (Phi) is 5.87. The Morgan fingerprint density at radius 1 is 0.333 bits per heavy atom. The minimum atomic E-state index is 0.711. The zero-order chi connectivity index (χ0) is 24.2. The second-order valence-electron chi connectivity index (χ2n) is 8.60. The van der Waals surface area contributed by atoms with Crippen molar-refractivity contribution in [1.29, 1.82) is 0 Å². The van der Waals surface area contributed by atoms with Gasteiger partial charge in [0.15, 0.2) is 5.82 Å². The van der Waals surface area contributed by atoms with E-state index in [1.165, 1.54) is 0 Å². The molecule has 0 radical (unpaired) electrons. The van der Waals surface area contributed by atoms with Crippen molar-refractivity contribution >= 4 is 0 Å². The molecular weight excluding hydrogens is 438 g/mol. The maximum atomic E-state index is 5.05. The largest absolute Gasteiger partial charge is 0.265 e. The first-order valence-corrected chi connectivity index (χ1v) is 11.9. The molecule has 170 valence electrons. The molecule has 0 amide bonds. The summed E-state index contributed by atoms with van der Waals surface area (Å²) in [6, 6.07) is 43.7. The van der Waals surface area contributed by atoms with Gasteiger partial charge in [-0.3, -0.25) is 4.98 Å². The fourth-order valence-corrected chi connectivity index (χ4v) is 4.35. The van der Waals surface area contributed by atoms with Crippen LogP contribution in [0.3, 0.4) is 0 Å². The lowest BCUT2D eigenvalue weighted by atomic mass is 9.95. The first-order chi connectivity index (χ1) is 17.8. The number of hydrogen-bond acceptors (Lipinski definition) is 3. The minimum Gasteiger partial charge on any atom is -0.265 e. The molecule has 36 heavy (non-hydrogen) atoms. The van der Waals surface area contributed by atoms with Gasteiger partial charge in [-0.1, -0.05) is 91.0 Å². The third-order valence-electron chi connectivity index (χ3n) is 6.18. The van der Waals surface area contributed by atoms with E-state index in [0.29, 0.717) is 5.82 Å². The van der Waals surface area contributed by atoms with Gasteiger partial charge in [-0.05, 0) is 58.7 Å². The normalized spacial score (nSPS) is 10.8. The van der Waals surface area contributed by atoms with Crippen LogP contribution in [-0.4, -0.2) is 15.0 Å². The lowest BCUT2D eigenvalue weighted by Crippen LogP contribution is -1.96. The van der Waals surface area contributed by atoms with Gasteiger partial charge < -0.3 is 0 Å².